The standard InChI is InChI=1S/C19H13BrN2O4/c1-11-7-18(23)25-16-9-14(5-6-15(11)16)24-10-17-21-22-19(26-17)12-3-2-4-13(20)8-12/h2-9H,10H2,1H3. The molecule has 0 amide bonds. The molecule has 0 aliphatic heterocycles. The number of hydrogen-bond acceptors (Lipinski definition) is 6. The van der Waals surface area contributed by atoms with Crippen LogP contribution >= 0.6 is 15.9 Å². The van der Waals surface area contributed by atoms with Crippen molar-refractivity contribution in [3.63, 3.8) is 0 Å². The lowest BCUT2D eigenvalue weighted by Gasteiger charge is -2.05. The van der Waals surface area contributed by atoms with Crippen LogP contribution in [-0.4, -0.2) is 10.2 Å². The van der Waals surface area contributed by atoms with Crippen molar-refractivity contribution in [1.29, 1.82) is 0 Å². The van der Waals surface area contributed by atoms with Crippen molar-refractivity contribution in [2.75, 3.05) is 0 Å². The summed E-state index contributed by atoms with van der Waals surface area (Å²) in [5, 5.41) is 8.90. The van der Waals surface area contributed by atoms with Crippen molar-refractivity contribution in [3.8, 4) is 17.2 Å². The minimum atomic E-state index is -0.386. The summed E-state index contributed by atoms with van der Waals surface area (Å²) in [6.07, 6.45) is 0. The second-order valence-corrected chi connectivity index (χ2v) is 6.62. The van der Waals surface area contributed by atoms with E-state index in [0.717, 1.165) is 21.0 Å². The van der Waals surface area contributed by atoms with Gasteiger partial charge in [-0.25, -0.2) is 4.79 Å². The topological polar surface area (TPSA) is 78.4 Å². The van der Waals surface area contributed by atoms with Gasteiger partial charge in [-0.15, -0.1) is 10.2 Å². The number of benzene rings is 2. The molecule has 2 heterocycles. The highest BCUT2D eigenvalue weighted by atomic mass is 79.9. The van der Waals surface area contributed by atoms with Crippen molar-refractivity contribution in [3.05, 3.63) is 74.9 Å². The zero-order chi connectivity index (χ0) is 18.1. The SMILES string of the molecule is Cc1cc(=O)oc2cc(OCc3nnc(-c4cccc(Br)c4)o3)ccc12. The number of ether oxygens (including phenoxy) is 1. The van der Waals surface area contributed by atoms with E-state index >= 15 is 0 Å². The normalized spacial score (nSPS) is 11.0. The first-order valence-corrected chi connectivity index (χ1v) is 8.63. The lowest BCUT2D eigenvalue weighted by molar-refractivity contribution is 0.264. The molecule has 0 N–H and O–H groups in total. The van der Waals surface area contributed by atoms with Crippen LogP contribution in [0.4, 0.5) is 0 Å². The van der Waals surface area contributed by atoms with Gasteiger partial charge in [0.05, 0.1) is 0 Å². The van der Waals surface area contributed by atoms with Gasteiger partial charge in [0.2, 0.25) is 5.89 Å². The van der Waals surface area contributed by atoms with Crippen molar-refractivity contribution >= 4 is 26.9 Å². The Bertz CT molecular complexity index is 1150. The van der Waals surface area contributed by atoms with E-state index in [2.05, 4.69) is 26.1 Å². The van der Waals surface area contributed by atoms with Gasteiger partial charge in [-0.1, -0.05) is 22.0 Å². The van der Waals surface area contributed by atoms with E-state index in [1.165, 1.54) is 6.07 Å². The highest BCUT2D eigenvalue weighted by Gasteiger charge is 2.10. The summed E-state index contributed by atoms with van der Waals surface area (Å²) in [5.74, 6) is 1.32. The number of hydrogen-bond donors (Lipinski definition) is 0. The first-order valence-electron chi connectivity index (χ1n) is 7.84. The molecule has 0 radical (unpaired) electrons. The van der Waals surface area contributed by atoms with Crippen LogP contribution < -0.4 is 10.4 Å². The van der Waals surface area contributed by atoms with Gasteiger partial charge in [-0.05, 0) is 42.8 Å². The molecule has 0 fully saturated rings. The quantitative estimate of drug-likeness (QED) is 0.459. The Hall–Kier alpha value is -2.93. The van der Waals surface area contributed by atoms with E-state index in [4.69, 9.17) is 13.6 Å². The van der Waals surface area contributed by atoms with Crippen LogP contribution in [0.3, 0.4) is 0 Å². The number of nitrogens with zero attached hydrogens (tertiary/aromatic N) is 2. The first kappa shape index (κ1) is 16.5. The smallest absolute Gasteiger partial charge is 0.336 e. The molecule has 0 spiro atoms. The largest absolute Gasteiger partial charge is 0.484 e. The van der Waals surface area contributed by atoms with Crippen LogP contribution in [0.5, 0.6) is 5.75 Å². The van der Waals surface area contributed by atoms with Gasteiger partial charge in [0.25, 0.3) is 5.89 Å². The fraction of sp³-hybridized carbons (Fsp3) is 0.105. The molecule has 4 aromatic rings. The second kappa shape index (κ2) is 6.76. The summed E-state index contributed by atoms with van der Waals surface area (Å²) in [7, 11) is 0. The van der Waals surface area contributed by atoms with Crippen molar-refractivity contribution in [2.24, 2.45) is 0 Å². The lowest BCUT2D eigenvalue weighted by Crippen LogP contribution is -1.99. The summed E-state index contributed by atoms with van der Waals surface area (Å²) in [4.78, 5) is 11.5. The Kier molecular flexibility index (Phi) is 4.30. The van der Waals surface area contributed by atoms with E-state index in [0.29, 0.717) is 23.1 Å². The Labute approximate surface area is 156 Å². The van der Waals surface area contributed by atoms with E-state index in [1.54, 1.807) is 12.1 Å². The summed E-state index contributed by atoms with van der Waals surface area (Å²) in [6, 6.07) is 14.4. The Morgan fingerprint density at radius 3 is 2.81 bits per heavy atom. The number of halogens is 1. The second-order valence-electron chi connectivity index (χ2n) is 5.71. The maximum atomic E-state index is 11.5. The van der Waals surface area contributed by atoms with Crippen molar-refractivity contribution in [2.45, 2.75) is 13.5 Å². The summed E-state index contributed by atoms with van der Waals surface area (Å²) in [5.41, 5.74) is 1.77. The van der Waals surface area contributed by atoms with Gasteiger partial charge in [0.1, 0.15) is 11.3 Å². The zero-order valence-electron chi connectivity index (χ0n) is 13.7. The van der Waals surface area contributed by atoms with Crippen LogP contribution in [0.25, 0.3) is 22.4 Å². The summed E-state index contributed by atoms with van der Waals surface area (Å²) >= 11 is 3.41. The van der Waals surface area contributed by atoms with Crippen molar-refractivity contribution in [1.82, 2.24) is 10.2 Å². The number of aromatic nitrogens is 2. The monoisotopic (exact) mass is 412 g/mol. The minimum absolute atomic E-state index is 0.114. The van der Waals surface area contributed by atoms with Crippen LogP contribution in [0.15, 0.2) is 66.6 Å². The molecule has 0 saturated carbocycles. The van der Waals surface area contributed by atoms with Crippen LogP contribution in [0.2, 0.25) is 0 Å². The molecular formula is C19H13BrN2O4. The third kappa shape index (κ3) is 3.39. The molecule has 0 unspecified atom stereocenters. The fourth-order valence-corrected chi connectivity index (χ4v) is 2.99. The fourth-order valence-electron chi connectivity index (χ4n) is 2.59. The molecule has 7 heteroatoms. The number of fused-ring (bicyclic) bond motifs is 1. The van der Waals surface area contributed by atoms with Gasteiger partial charge in [-0.3, -0.25) is 0 Å². The molecule has 2 aromatic heterocycles. The van der Waals surface area contributed by atoms with Crippen molar-refractivity contribution < 1.29 is 13.6 Å². The van der Waals surface area contributed by atoms with E-state index in [-0.39, 0.29) is 12.2 Å². The number of aryl methyl sites for hydroxylation is 1. The molecule has 6 nitrogen and oxygen atoms in total. The van der Waals surface area contributed by atoms with Gasteiger partial charge >= 0.3 is 5.63 Å². The van der Waals surface area contributed by atoms with Crippen LogP contribution in [0.1, 0.15) is 11.5 Å². The third-order valence-electron chi connectivity index (χ3n) is 3.82. The van der Waals surface area contributed by atoms with Gasteiger partial charge < -0.3 is 13.6 Å². The molecule has 26 heavy (non-hydrogen) atoms. The van der Waals surface area contributed by atoms with Gasteiger partial charge in [0, 0.05) is 27.6 Å². The predicted molar refractivity (Wildman–Crippen MR) is 99.0 cm³/mol. The summed E-state index contributed by atoms with van der Waals surface area (Å²) < 4.78 is 17.5. The molecule has 130 valence electrons. The lowest BCUT2D eigenvalue weighted by atomic mass is 10.1. The Morgan fingerprint density at radius 2 is 1.96 bits per heavy atom. The zero-order valence-corrected chi connectivity index (χ0v) is 15.3. The van der Waals surface area contributed by atoms with E-state index in [1.807, 2.05) is 37.3 Å². The maximum Gasteiger partial charge on any atom is 0.336 e. The van der Waals surface area contributed by atoms with Gasteiger partial charge in [-0.2, -0.15) is 0 Å². The molecule has 0 aliphatic rings. The minimum Gasteiger partial charge on any atom is -0.484 e. The van der Waals surface area contributed by atoms with E-state index < -0.39 is 0 Å². The highest BCUT2D eigenvalue weighted by Crippen LogP contribution is 2.24. The van der Waals surface area contributed by atoms with Gasteiger partial charge in [0.15, 0.2) is 6.61 Å². The summed E-state index contributed by atoms with van der Waals surface area (Å²) in [6.45, 7) is 1.98. The molecule has 0 atom stereocenters. The first-order chi connectivity index (χ1) is 12.6. The average molecular weight is 413 g/mol. The van der Waals surface area contributed by atoms with E-state index in [9.17, 15) is 4.79 Å². The predicted octanol–water partition coefficient (Wildman–Crippen LogP) is 4.49. The molecule has 4 rings (SSSR count). The molecule has 2 aromatic carbocycles. The van der Waals surface area contributed by atoms with Crippen LogP contribution in [0, 0.1) is 6.92 Å². The molecular weight excluding hydrogens is 400 g/mol. The highest BCUT2D eigenvalue weighted by molar-refractivity contribution is 9.10. The molecule has 0 aliphatic carbocycles. The Morgan fingerprint density at radius 1 is 1.08 bits per heavy atom. The maximum absolute atomic E-state index is 11.5. The number of rotatable bonds is 4. The molecule has 0 saturated heterocycles. The average Bonchev–Trinajstić information content (AvgIpc) is 3.08. The van der Waals surface area contributed by atoms with Crippen LogP contribution in [-0.2, 0) is 6.61 Å². The Balaban J connectivity index is 1.53. The molecule has 0 bridgehead atoms. The third-order valence-corrected chi connectivity index (χ3v) is 4.32.